The summed E-state index contributed by atoms with van der Waals surface area (Å²) in [6.45, 7) is 0. The van der Waals surface area contributed by atoms with Crippen molar-refractivity contribution in [3.05, 3.63) is 75.3 Å². The fourth-order valence-corrected chi connectivity index (χ4v) is 3.23. The molecule has 0 unspecified atom stereocenters. The van der Waals surface area contributed by atoms with Gasteiger partial charge in [-0.25, -0.2) is 4.98 Å². The Morgan fingerprint density at radius 2 is 1.90 bits per heavy atom. The first-order valence-electron chi connectivity index (χ1n) is 9.21. The number of hydrogen-bond donors (Lipinski definition) is 1. The third kappa shape index (κ3) is 4.19. The molecule has 0 saturated carbocycles. The quantitative estimate of drug-likeness (QED) is 0.249. The van der Waals surface area contributed by atoms with Gasteiger partial charge in [-0.05, 0) is 48.5 Å². The van der Waals surface area contributed by atoms with Gasteiger partial charge in [-0.2, -0.15) is 0 Å². The van der Waals surface area contributed by atoms with Crippen molar-refractivity contribution >= 4 is 46.0 Å². The Labute approximate surface area is 182 Å². The number of nitro groups is 1. The molecule has 0 aliphatic carbocycles. The van der Waals surface area contributed by atoms with Crippen molar-refractivity contribution in [3.8, 4) is 17.2 Å². The van der Waals surface area contributed by atoms with Crippen molar-refractivity contribution in [1.82, 2.24) is 4.98 Å². The number of nitro benzene ring substituents is 1. The van der Waals surface area contributed by atoms with Gasteiger partial charge in [0.1, 0.15) is 5.52 Å². The molecule has 0 aliphatic heterocycles. The van der Waals surface area contributed by atoms with Crippen molar-refractivity contribution in [1.29, 1.82) is 0 Å². The number of fused-ring (bicyclic) bond motifs is 1. The number of halogens is 1. The van der Waals surface area contributed by atoms with Gasteiger partial charge in [-0.1, -0.05) is 11.6 Å². The molecule has 31 heavy (non-hydrogen) atoms. The number of aliphatic imine (C=N–C) groups is 1. The van der Waals surface area contributed by atoms with Crippen LogP contribution in [0.1, 0.15) is 5.56 Å². The fraction of sp³-hybridized carbons (Fsp3) is 0.0909. The minimum atomic E-state index is -0.702. The lowest BCUT2D eigenvalue weighted by Gasteiger charge is -2.11. The van der Waals surface area contributed by atoms with Crippen LogP contribution in [0.4, 0.5) is 17.1 Å². The second-order valence-corrected chi connectivity index (χ2v) is 7.43. The summed E-state index contributed by atoms with van der Waals surface area (Å²) in [4.78, 5) is 21.2. The van der Waals surface area contributed by atoms with E-state index in [2.05, 4.69) is 9.98 Å². The summed E-state index contributed by atoms with van der Waals surface area (Å²) >= 11 is 5.91. The third-order valence-corrected chi connectivity index (χ3v) is 4.85. The highest BCUT2D eigenvalue weighted by Crippen LogP contribution is 2.33. The third-order valence-electron chi connectivity index (χ3n) is 4.64. The van der Waals surface area contributed by atoms with Crippen molar-refractivity contribution in [2.45, 2.75) is 0 Å². The van der Waals surface area contributed by atoms with Gasteiger partial charge < -0.3 is 14.4 Å². The van der Waals surface area contributed by atoms with Crippen LogP contribution in [0.2, 0.25) is 5.02 Å². The van der Waals surface area contributed by atoms with Crippen molar-refractivity contribution in [2.75, 3.05) is 19.0 Å². The molecule has 3 aromatic carbocycles. The largest absolute Gasteiger partial charge is 0.502 e. The number of nitrogens with zero attached hydrogens (tertiary/aromatic N) is 4. The zero-order valence-electron chi connectivity index (χ0n) is 16.6. The summed E-state index contributed by atoms with van der Waals surface area (Å²) in [5, 5.41) is 21.3. The molecular formula is C22H17ClN4O4. The van der Waals surface area contributed by atoms with E-state index >= 15 is 0 Å². The lowest BCUT2D eigenvalue weighted by atomic mass is 10.2. The molecule has 1 aromatic heterocycles. The first-order chi connectivity index (χ1) is 14.8. The molecule has 8 nitrogen and oxygen atoms in total. The summed E-state index contributed by atoms with van der Waals surface area (Å²) in [6.07, 6.45) is 1.32. The summed E-state index contributed by atoms with van der Waals surface area (Å²) in [5.74, 6) is -0.00586. The van der Waals surface area contributed by atoms with Gasteiger partial charge in [0, 0.05) is 48.2 Å². The number of oxazole rings is 1. The van der Waals surface area contributed by atoms with Gasteiger partial charge in [0.25, 0.3) is 0 Å². The molecule has 0 radical (unpaired) electrons. The molecule has 4 aromatic rings. The molecule has 156 valence electrons. The molecule has 0 aliphatic rings. The Balaban J connectivity index is 1.64. The number of anilines is 1. The molecule has 0 bridgehead atoms. The van der Waals surface area contributed by atoms with E-state index in [4.69, 9.17) is 16.0 Å². The zero-order valence-corrected chi connectivity index (χ0v) is 17.4. The van der Waals surface area contributed by atoms with E-state index < -0.39 is 16.4 Å². The van der Waals surface area contributed by atoms with Gasteiger partial charge in [0.05, 0.1) is 10.6 Å². The van der Waals surface area contributed by atoms with Crippen LogP contribution in [0.25, 0.3) is 22.6 Å². The monoisotopic (exact) mass is 436 g/mol. The van der Waals surface area contributed by atoms with Crippen LogP contribution in [0.3, 0.4) is 0 Å². The van der Waals surface area contributed by atoms with Gasteiger partial charge >= 0.3 is 5.69 Å². The van der Waals surface area contributed by atoms with Crippen LogP contribution < -0.4 is 4.90 Å². The predicted molar refractivity (Wildman–Crippen MR) is 121 cm³/mol. The molecule has 0 amide bonds. The van der Waals surface area contributed by atoms with Crippen molar-refractivity contribution in [2.24, 2.45) is 4.99 Å². The van der Waals surface area contributed by atoms with E-state index in [1.165, 1.54) is 12.3 Å². The second kappa shape index (κ2) is 8.08. The fourth-order valence-electron chi connectivity index (χ4n) is 3.01. The van der Waals surface area contributed by atoms with Gasteiger partial charge in [-0.3, -0.25) is 15.1 Å². The number of phenolic OH excluding ortho intramolecular Hbond substituents is 1. The van der Waals surface area contributed by atoms with Crippen LogP contribution in [-0.2, 0) is 0 Å². The molecule has 1 N–H and O–H groups in total. The SMILES string of the molecule is CN(C)c1ccc(-c2nc3cc(N=Cc4cc(Cl)cc([N+](=O)[O-])c4O)ccc3o2)cc1. The maximum Gasteiger partial charge on any atom is 0.312 e. The minimum Gasteiger partial charge on any atom is -0.502 e. The van der Waals surface area contributed by atoms with Crippen LogP contribution in [-0.4, -0.2) is 35.3 Å². The van der Waals surface area contributed by atoms with Gasteiger partial charge in [0.15, 0.2) is 5.58 Å². The average molecular weight is 437 g/mol. The standard InChI is InChI=1S/C22H17ClN4O4/c1-26(2)17-6-3-13(4-7-17)22-25-18-11-16(5-8-20(18)31-22)24-12-14-9-15(23)10-19(21(14)28)27(29)30/h3-12,28H,1-2H3. The summed E-state index contributed by atoms with van der Waals surface area (Å²) in [5.41, 5.74) is 3.34. The number of phenols is 1. The predicted octanol–water partition coefficient (Wildman–Crippen LogP) is 5.58. The normalized spacial score (nSPS) is 11.3. The number of aromatic hydroxyl groups is 1. The topological polar surface area (TPSA) is 105 Å². The maximum atomic E-state index is 11.0. The molecule has 0 atom stereocenters. The summed E-state index contributed by atoms with van der Waals surface area (Å²) < 4.78 is 5.84. The minimum absolute atomic E-state index is 0.128. The lowest BCUT2D eigenvalue weighted by Crippen LogP contribution is -2.07. The van der Waals surface area contributed by atoms with E-state index in [0.717, 1.165) is 17.3 Å². The Kier molecular flexibility index (Phi) is 5.31. The number of hydrogen-bond acceptors (Lipinski definition) is 7. The van der Waals surface area contributed by atoms with E-state index in [1.807, 2.05) is 43.3 Å². The first kappa shape index (κ1) is 20.4. The molecule has 0 spiro atoms. The Morgan fingerprint density at radius 3 is 2.58 bits per heavy atom. The van der Waals surface area contributed by atoms with E-state index in [1.54, 1.807) is 18.2 Å². The number of aromatic nitrogens is 1. The lowest BCUT2D eigenvalue weighted by molar-refractivity contribution is -0.385. The van der Waals surface area contributed by atoms with Crippen LogP contribution in [0.15, 0.2) is 64.0 Å². The molecular weight excluding hydrogens is 420 g/mol. The highest BCUT2D eigenvalue weighted by Gasteiger charge is 2.17. The second-order valence-electron chi connectivity index (χ2n) is 6.99. The summed E-state index contributed by atoms with van der Waals surface area (Å²) in [7, 11) is 3.94. The zero-order chi connectivity index (χ0) is 22.1. The summed E-state index contributed by atoms with van der Waals surface area (Å²) in [6, 6.07) is 15.5. The van der Waals surface area contributed by atoms with Crippen molar-refractivity contribution in [3.63, 3.8) is 0 Å². The molecule has 1 heterocycles. The van der Waals surface area contributed by atoms with Gasteiger partial charge in [-0.15, -0.1) is 0 Å². The Morgan fingerprint density at radius 1 is 1.16 bits per heavy atom. The molecule has 9 heteroatoms. The van der Waals surface area contributed by atoms with Gasteiger partial charge in [0.2, 0.25) is 11.6 Å². The van der Waals surface area contributed by atoms with E-state index in [0.29, 0.717) is 22.7 Å². The molecule has 0 saturated heterocycles. The van der Waals surface area contributed by atoms with Crippen LogP contribution >= 0.6 is 11.6 Å². The Hall–Kier alpha value is -3.91. The van der Waals surface area contributed by atoms with E-state index in [9.17, 15) is 15.2 Å². The maximum absolute atomic E-state index is 11.0. The van der Waals surface area contributed by atoms with Crippen LogP contribution in [0, 0.1) is 10.1 Å². The first-order valence-corrected chi connectivity index (χ1v) is 9.59. The highest BCUT2D eigenvalue weighted by molar-refractivity contribution is 6.31. The van der Waals surface area contributed by atoms with E-state index in [-0.39, 0.29) is 10.6 Å². The van der Waals surface area contributed by atoms with Crippen molar-refractivity contribution < 1.29 is 14.4 Å². The number of rotatable bonds is 5. The molecule has 4 rings (SSSR count). The smallest absolute Gasteiger partial charge is 0.312 e. The average Bonchev–Trinajstić information content (AvgIpc) is 3.17. The van der Waals surface area contributed by atoms with Crippen LogP contribution in [0.5, 0.6) is 5.75 Å². The number of benzene rings is 3. The Bertz CT molecular complexity index is 1310. The molecule has 0 fully saturated rings. The highest BCUT2D eigenvalue weighted by atomic mass is 35.5.